The highest BCUT2D eigenvalue weighted by Gasteiger charge is 2.22. The first-order valence-electron chi connectivity index (χ1n) is 7.99. The Morgan fingerprint density at radius 3 is 2.73 bits per heavy atom. The first-order valence-corrected chi connectivity index (χ1v) is 8.87. The molecular weight excluding hydrogens is 359 g/mol. The lowest BCUT2D eigenvalue weighted by molar-refractivity contribution is 0.143. The number of nitrogens with two attached hydrogens (primary N) is 1. The van der Waals surface area contributed by atoms with Crippen molar-refractivity contribution in [3.8, 4) is 0 Å². The zero-order valence-electron chi connectivity index (χ0n) is 13.9. The van der Waals surface area contributed by atoms with Crippen molar-refractivity contribution in [3.05, 3.63) is 41.2 Å². The highest BCUT2D eigenvalue weighted by atomic mass is 32.1. The molecular formula is C16H19FN6O2S. The molecule has 0 saturated carbocycles. The van der Waals surface area contributed by atoms with Gasteiger partial charge in [-0.15, -0.1) is 11.3 Å². The molecule has 1 aliphatic rings. The Morgan fingerprint density at radius 2 is 2.08 bits per heavy atom. The van der Waals surface area contributed by atoms with Crippen LogP contribution in [0, 0.1) is 11.2 Å². The number of halogens is 1. The summed E-state index contributed by atoms with van der Waals surface area (Å²) < 4.78 is 19.7. The van der Waals surface area contributed by atoms with Crippen molar-refractivity contribution in [2.75, 3.05) is 36.0 Å². The van der Waals surface area contributed by atoms with Gasteiger partial charge in [0.25, 0.3) is 0 Å². The second kappa shape index (κ2) is 8.00. The van der Waals surface area contributed by atoms with Crippen LogP contribution in [0.2, 0.25) is 0 Å². The van der Waals surface area contributed by atoms with Crippen LogP contribution in [0.1, 0.15) is 5.56 Å². The summed E-state index contributed by atoms with van der Waals surface area (Å²) in [5.41, 5.74) is 5.79. The molecule has 2 aromatic rings. The van der Waals surface area contributed by atoms with Crippen LogP contribution < -0.4 is 20.9 Å². The van der Waals surface area contributed by atoms with Gasteiger partial charge in [0.1, 0.15) is 6.61 Å². The van der Waals surface area contributed by atoms with Crippen molar-refractivity contribution >= 4 is 34.2 Å². The van der Waals surface area contributed by atoms with Crippen LogP contribution in [0.5, 0.6) is 0 Å². The van der Waals surface area contributed by atoms with Gasteiger partial charge in [0.2, 0.25) is 0 Å². The summed E-state index contributed by atoms with van der Waals surface area (Å²) in [5.74, 6) is -0.937. The Labute approximate surface area is 153 Å². The number of amides is 1. The average molecular weight is 378 g/mol. The Hall–Kier alpha value is -2.88. The van der Waals surface area contributed by atoms with Crippen molar-refractivity contribution in [2.24, 2.45) is 5.73 Å². The molecule has 0 bridgehead atoms. The van der Waals surface area contributed by atoms with Crippen molar-refractivity contribution in [2.45, 2.75) is 6.61 Å². The lowest BCUT2D eigenvalue weighted by Gasteiger charge is -2.36. The molecule has 0 aliphatic carbocycles. The first-order chi connectivity index (χ1) is 12.5. The summed E-state index contributed by atoms with van der Waals surface area (Å²) in [6.07, 6.45) is 0.886. The molecule has 2 heterocycles. The number of nitrogens with one attached hydrogen (secondary N) is 2. The van der Waals surface area contributed by atoms with Gasteiger partial charge in [0, 0.05) is 43.3 Å². The summed E-state index contributed by atoms with van der Waals surface area (Å²) in [6.45, 7) is 2.62. The van der Waals surface area contributed by atoms with E-state index in [-0.39, 0.29) is 12.2 Å². The number of anilines is 2. The van der Waals surface area contributed by atoms with E-state index in [1.807, 2.05) is 15.6 Å². The standard InChI is InChI=1S/C16H19FN6O2S/c17-13-11(10-25-16(24)21-14(18)19)2-1-3-12(13)22-5-7-23(8-6-22)15-20-4-9-26-15/h1-4,9H,5-8,10H2,(H4,18,19,21,24). The summed E-state index contributed by atoms with van der Waals surface area (Å²) in [6, 6.07) is 5.01. The fourth-order valence-electron chi connectivity index (χ4n) is 2.72. The number of hydrogen-bond acceptors (Lipinski definition) is 7. The smallest absolute Gasteiger partial charge is 0.414 e. The number of carbonyl (C=O) groups excluding carboxylic acids is 1. The minimum Gasteiger partial charge on any atom is -0.444 e. The van der Waals surface area contributed by atoms with E-state index in [0.717, 1.165) is 18.2 Å². The molecule has 0 radical (unpaired) electrons. The third kappa shape index (κ3) is 4.20. The molecule has 26 heavy (non-hydrogen) atoms. The summed E-state index contributed by atoms with van der Waals surface area (Å²) >= 11 is 1.59. The molecule has 138 valence electrons. The number of rotatable bonds is 4. The van der Waals surface area contributed by atoms with Crippen LogP contribution in [0.4, 0.5) is 20.0 Å². The molecule has 1 aliphatic heterocycles. The van der Waals surface area contributed by atoms with Crippen LogP contribution in [0.3, 0.4) is 0 Å². The van der Waals surface area contributed by atoms with E-state index < -0.39 is 17.9 Å². The van der Waals surface area contributed by atoms with Crippen LogP contribution in [0.25, 0.3) is 0 Å². The maximum atomic E-state index is 14.8. The molecule has 0 unspecified atom stereocenters. The fourth-order valence-corrected chi connectivity index (χ4v) is 3.42. The number of guanidine groups is 1. The average Bonchev–Trinajstić information content (AvgIpc) is 3.15. The Morgan fingerprint density at radius 1 is 1.35 bits per heavy atom. The summed E-state index contributed by atoms with van der Waals surface area (Å²) in [7, 11) is 0. The van der Waals surface area contributed by atoms with E-state index in [9.17, 15) is 9.18 Å². The number of benzene rings is 1. The van der Waals surface area contributed by atoms with Crippen LogP contribution in [0.15, 0.2) is 29.8 Å². The molecule has 1 amide bonds. The summed E-state index contributed by atoms with van der Waals surface area (Å²) in [5, 5.41) is 11.9. The first kappa shape index (κ1) is 17.9. The van der Waals surface area contributed by atoms with E-state index in [2.05, 4.69) is 9.88 Å². The number of alkyl carbamates (subject to hydrolysis) is 1. The van der Waals surface area contributed by atoms with E-state index >= 15 is 0 Å². The van der Waals surface area contributed by atoms with Crippen LogP contribution >= 0.6 is 11.3 Å². The second-order valence-electron chi connectivity index (χ2n) is 5.65. The zero-order valence-corrected chi connectivity index (χ0v) is 14.8. The molecule has 3 rings (SSSR count). The molecule has 0 atom stereocenters. The molecule has 4 N–H and O–H groups in total. The van der Waals surface area contributed by atoms with Gasteiger partial charge >= 0.3 is 6.09 Å². The van der Waals surface area contributed by atoms with Crippen molar-refractivity contribution < 1.29 is 13.9 Å². The number of carbonyl (C=O) groups is 1. The van der Waals surface area contributed by atoms with E-state index in [1.165, 1.54) is 0 Å². The largest absolute Gasteiger partial charge is 0.444 e. The predicted octanol–water partition coefficient (Wildman–Crippen LogP) is 1.73. The lowest BCUT2D eigenvalue weighted by atomic mass is 10.1. The number of ether oxygens (including phenoxy) is 1. The third-order valence-electron chi connectivity index (χ3n) is 3.96. The predicted molar refractivity (Wildman–Crippen MR) is 98.2 cm³/mol. The molecule has 1 fully saturated rings. The zero-order chi connectivity index (χ0) is 18.5. The van der Waals surface area contributed by atoms with Gasteiger partial charge in [-0.2, -0.15) is 0 Å². The van der Waals surface area contributed by atoms with Gasteiger partial charge in [0.05, 0.1) is 5.69 Å². The third-order valence-corrected chi connectivity index (χ3v) is 4.80. The number of thiazole rings is 1. The van der Waals surface area contributed by atoms with E-state index in [4.69, 9.17) is 15.9 Å². The lowest BCUT2D eigenvalue weighted by Crippen LogP contribution is -2.46. The van der Waals surface area contributed by atoms with Gasteiger partial charge in [0.15, 0.2) is 16.9 Å². The quantitative estimate of drug-likeness (QED) is 0.552. The van der Waals surface area contributed by atoms with Gasteiger partial charge in [-0.05, 0) is 6.07 Å². The highest BCUT2D eigenvalue weighted by molar-refractivity contribution is 7.13. The molecule has 0 spiro atoms. The van der Waals surface area contributed by atoms with Crippen molar-refractivity contribution in [1.82, 2.24) is 10.3 Å². The second-order valence-corrected chi connectivity index (χ2v) is 6.53. The topological polar surface area (TPSA) is 108 Å². The molecule has 1 aromatic carbocycles. The number of piperazine rings is 1. The highest BCUT2D eigenvalue weighted by Crippen LogP contribution is 2.26. The van der Waals surface area contributed by atoms with E-state index in [1.54, 1.807) is 35.7 Å². The molecule has 8 nitrogen and oxygen atoms in total. The SMILES string of the molecule is N=C(N)NC(=O)OCc1cccc(N2CCN(c3nccs3)CC2)c1F. The number of hydrogen-bond donors (Lipinski definition) is 3. The van der Waals surface area contributed by atoms with Crippen molar-refractivity contribution in [1.29, 1.82) is 5.41 Å². The monoisotopic (exact) mass is 378 g/mol. The summed E-state index contributed by atoms with van der Waals surface area (Å²) in [4.78, 5) is 19.8. The van der Waals surface area contributed by atoms with Gasteiger partial charge in [-0.25, -0.2) is 14.2 Å². The van der Waals surface area contributed by atoms with Crippen LogP contribution in [-0.4, -0.2) is 43.2 Å². The normalized spacial score (nSPS) is 14.2. The molecule has 1 aromatic heterocycles. The van der Waals surface area contributed by atoms with Crippen molar-refractivity contribution in [3.63, 3.8) is 0 Å². The van der Waals surface area contributed by atoms with Gasteiger partial charge in [-0.3, -0.25) is 10.7 Å². The Balaban J connectivity index is 1.62. The minimum absolute atomic E-state index is 0.238. The fraction of sp³-hybridized carbons (Fsp3) is 0.312. The van der Waals surface area contributed by atoms with Gasteiger partial charge in [-0.1, -0.05) is 12.1 Å². The number of aromatic nitrogens is 1. The maximum Gasteiger partial charge on any atom is 0.414 e. The molecule has 10 heteroatoms. The van der Waals surface area contributed by atoms with E-state index in [0.29, 0.717) is 18.8 Å². The molecule has 1 saturated heterocycles. The minimum atomic E-state index is -0.889. The maximum absolute atomic E-state index is 14.8. The number of nitrogens with zero attached hydrogens (tertiary/aromatic N) is 3. The van der Waals surface area contributed by atoms with Gasteiger partial charge < -0.3 is 20.3 Å². The van der Waals surface area contributed by atoms with Crippen LogP contribution in [-0.2, 0) is 11.3 Å². The Kier molecular flexibility index (Phi) is 5.52. The Bertz CT molecular complexity index is 777.